The van der Waals surface area contributed by atoms with Crippen molar-refractivity contribution >= 4 is 37.6 Å². The zero-order chi connectivity index (χ0) is 22.5. The largest absolute Gasteiger partial charge is 0.355 e. The summed E-state index contributed by atoms with van der Waals surface area (Å²) in [6, 6.07) is 17.4. The number of carbonyl (C=O) groups excluding carboxylic acids is 1. The molecule has 0 spiro atoms. The van der Waals surface area contributed by atoms with Crippen LogP contribution in [0, 0.1) is 0 Å². The van der Waals surface area contributed by atoms with E-state index in [9.17, 15) is 21.6 Å². The molecule has 1 N–H and O–H groups in total. The van der Waals surface area contributed by atoms with Crippen molar-refractivity contribution in [2.75, 3.05) is 7.05 Å². The lowest BCUT2D eigenvalue weighted by Gasteiger charge is -2.15. The number of sulfone groups is 2. The smallest absolute Gasteiger partial charge is 0.252 e. The maximum Gasteiger partial charge on any atom is 0.252 e. The van der Waals surface area contributed by atoms with Gasteiger partial charge >= 0.3 is 0 Å². The first-order valence-electron chi connectivity index (χ1n) is 9.07. The Labute approximate surface area is 180 Å². The molecule has 0 saturated carbocycles. The first-order valence-corrected chi connectivity index (χ1v) is 12.2. The average Bonchev–Trinajstić information content (AvgIpc) is 2.80. The van der Waals surface area contributed by atoms with E-state index in [1.54, 1.807) is 12.1 Å². The van der Waals surface area contributed by atoms with Gasteiger partial charge in [0.25, 0.3) is 5.91 Å². The van der Waals surface area contributed by atoms with Crippen molar-refractivity contribution in [1.29, 1.82) is 0 Å². The summed E-state index contributed by atoms with van der Waals surface area (Å²) < 4.78 is 50.9. The highest BCUT2D eigenvalue weighted by atomic mass is 32.3. The monoisotopic (exact) mass is 457 g/mol. The van der Waals surface area contributed by atoms with Gasteiger partial charge < -0.3 is 5.32 Å². The molecule has 0 aliphatic carbocycles. The maximum absolute atomic E-state index is 13.2. The van der Waals surface area contributed by atoms with Crippen LogP contribution < -0.4 is 5.32 Å². The van der Waals surface area contributed by atoms with Crippen LogP contribution in [0.3, 0.4) is 0 Å². The van der Waals surface area contributed by atoms with Gasteiger partial charge in [-0.25, -0.2) is 26.8 Å². The van der Waals surface area contributed by atoms with Crippen LogP contribution in [0.1, 0.15) is 10.4 Å². The molecule has 0 saturated heterocycles. The SMILES string of the molecule is CNC(=O)c1ccc(N=CC(S(=O)(=O)c2ccccc2)S(=O)(=O)c2ccccc2)nc1. The van der Waals surface area contributed by atoms with Crippen molar-refractivity contribution in [3.8, 4) is 0 Å². The van der Waals surface area contributed by atoms with Gasteiger partial charge in [-0.1, -0.05) is 36.4 Å². The molecule has 1 heterocycles. The molecule has 0 aliphatic heterocycles. The molecule has 8 nitrogen and oxygen atoms in total. The van der Waals surface area contributed by atoms with Gasteiger partial charge in [0, 0.05) is 19.5 Å². The predicted octanol–water partition coefficient (Wildman–Crippen LogP) is 2.42. The molecule has 0 bridgehead atoms. The van der Waals surface area contributed by atoms with Crippen LogP contribution in [0.2, 0.25) is 0 Å². The summed E-state index contributed by atoms with van der Waals surface area (Å²) in [5, 5.41) is 2.45. The third kappa shape index (κ3) is 4.86. The Bertz CT molecular complexity index is 1220. The van der Waals surface area contributed by atoms with Crippen molar-refractivity contribution in [2.45, 2.75) is 14.4 Å². The minimum atomic E-state index is -4.33. The molecule has 0 aliphatic rings. The topological polar surface area (TPSA) is 123 Å². The number of hydrogen-bond acceptors (Lipinski definition) is 7. The fraction of sp³-hybridized carbons (Fsp3) is 0.0952. The normalized spacial score (nSPS) is 12.2. The van der Waals surface area contributed by atoms with Gasteiger partial charge in [0.15, 0.2) is 5.82 Å². The van der Waals surface area contributed by atoms with Crippen molar-refractivity contribution in [1.82, 2.24) is 10.3 Å². The molecule has 10 heteroatoms. The van der Waals surface area contributed by atoms with Crippen LogP contribution in [0.25, 0.3) is 0 Å². The molecule has 31 heavy (non-hydrogen) atoms. The zero-order valence-electron chi connectivity index (χ0n) is 16.4. The van der Waals surface area contributed by atoms with Crippen LogP contribution in [-0.4, -0.2) is 45.6 Å². The van der Waals surface area contributed by atoms with E-state index in [4.69, 9.17) is 0 Å². The molecule has 0 atom stereocenters. The van der Waals surface area contributed by atoms with E-state index < -0.39 is 24.3 Å². The number of pyridine rings is 1. The van der Waals surface area contributed by atoms with E-state index in [0.29, 0.717) is 0 Å². The van der Waals surface area contributed by atoms with Crippen molar-refractivity contribution in [2.24, 2.45) is 4.99 Å². The summed E-state index contributed by atoms with van der Waals surface area (Å²) in [4.78, 5) is 19.3. The quantitative estimate of drug-likeness (QED) is 0.544. The molecule has 3 rings (SSSR count). The van der Waals surface area contributed by atoms with Gasteiger partial charge in [0.1, 0.15) is 0 Å². The average molecular weight is 458 g/mol. The van der Waals surface area contributed by atoms with Gasteiger partial charge in [-0.15, -0.1) is 0 Å². The van der Waals surface area contributed by atoms with E-state index in [2.05, 4.69) is 15.3 Å². The second-order valence-electron chi connectivity index (χ2n) is 6.35. The lowest BCUT2D eigenvalue weighted by atomic mass is 10.2. The lowest BCUT2D eigenvalue weighted by molar-refractivity contribution is 0.0962. The molecule has 1 amide bonds. The third-order valence-corrected chi connectivity index (χ3v) is 9.17. The Morgan fingerprint density at radius 3 is 1.81 bits per heavy atom. The molecular formula is C21H19N3O5S2. The van der Waals surface area contributed by atoms with Crippen molar-refractivity contribution in [3.63, 3.8) is 0 Å². The molecule has 3 aromatic rings. The van der Waals surface area contributed by atoms with Gasteiger partial charge in [0.2, 0.25) is 24.3 Å². The Morgan fingerprint density at radius 2 is 1.39 bits per heavy atom. The van der Waals surface area contributed by atoms with Crippen molar-refractivity contribution in [3.05, 3.63) is 84.6 Å². The standard InChI is InChI=1S/C21H19N3O5S2/c1-22-21(25)16-12-13-19(23-14-16)24-15-20(30(26,27)17-8-4-2-5-9-17)31(28,29)18-10-6-3-7-11-18/h2-15,20H,1H3,(H,22,25). The molecule has 0 fully saturated rings. The van der Waals surface area contributed by atoms with Gasteiger partial charge in [-0.2, -0.15) is 0 Å². The third-order valence-electron chi connectivity index (χ3n) is 4.32. The van der Waals surface area contributed by atoms with Gasteiger partial charge in [-0.3, -0.25) is 4.79 Å². The maximum atomic E-state index is 13.2. The molecule has 160 valence electrons. The number of carbonyl (C=O) groups is 1. The summed E-state index contributed by atoms with van der Waals surface area (Å²) in [5.41, 5.74) is 0.284. The molecule has 1 aromatic heterocycles. The van der Waals surface area contributed by atoms with Crippen LogP contribution in [0.15, 0.2) is 93.8 Å². The van der Waals surface area contributed by atoms with E-state index in [-0.39, 0.29) is 27.1 Å². The number of aromatic nitrogens is 1. The van der Waals surface area contributed by atoms with E-state index in [1.807, 2.05) is 0 Å². The highest BCUT2D eigenvalue weighted by Gasteiger charge is 2.38. The van der Waals surface area contributed by atoms with Crippen molar-refractivity contribution < 1.29 is 21.6 Å². The number of amides is 1. The summed E-state index contributed by atoms with van der Waals surface area (Å²) in [7, 11) is -7.19. The minimum absolute atomic E-state index is 0.0594. The number of aliphatic imine (C=N–C) groups is 1. The second kappa shape index (κ2) is 9.19. The number of hydrogen-bond donors (Lipinski definition) is 1. The highest BCUT2D eigenvalue weighted by molar-refractivity contribution is 8.10. The molecule has 0 unspecified atom stereocenters. The van der Waals surface area contributed by atoms with Gasteiger partial charge in [0.05, 0.1) is 15.4 Å². The predicted molar refractivity (Wildman–Crippen MR) is 117 cm³/mol. The number of benzene rings is 2. The molecular weight excluding hydrogens is 438 g/mol. The fourth-order valence-electron chi connectivity index (χ4n) is 2.69. The Hall–Kier alpha value is -3.37. The van der Waals surface area contributed by atoms with E-state index >= 15 is 0 Å². The Morgan fingerprint density at radius 1 is 0.871 bits per heavy atom. The summed E-state index contributed by atoms with van der Waals surface area (Å²) in [5.74, 6) is -0.289. The van der Waals surface area contributed by atoms with Crippen LogP contribution in [0.4, 0.5) is 5.82 Å². The summed E-state index contributed by atoms with van der Waals surface area (Å²) in [6.07, 6.45) is 2.12. The Balaban J connectivity index is 2.07. The second-order valence-corrected chi connectivity index (χ2v) is 10.8. The minimum Gasteiger partial charge on any atom is -0.355 e. The zero-order valence-corrected chi connectivity index (χ0v) is 18.0. The molecule has 2 aromatic carbocycles. The molecule has 0 radical (unpaired) electrons. The number of rotatable bonds is 7. The van der Waals surface area contributed by atoms with Crippen LogP contribution >= 0.6 is 0 Å². The van der Waals surface area contributed by atoms with Crippen LogP contribution in [-0.2, 0) is 19.7 Å². The van der Waals surface area contributed by atoms with Gasteiger partial charge in [-0.05, 0) is 36.4 Å². The highest BCUT2D eigenvalue weighted by Crippen LogP contribution is 2.25. The van der Waals surface area contributed by atoms with E-state index in [1.165, 1.54) is 73.9 Å². The lowest BCUT2D eigenvalue weighted by Crippen LogP contribution is -2.32. The summed E-state index contributed by atoms with van der Waals surface area (Å²) in [6.45, 7) is 0. The number of nitrogens with zero attached hydrogens (tertiary/aromatic N) is 2. The van der Waals surface area contributed by atoms with E-state index in [0.717, 1.165) is 6.21 Å². The summed E-state index contributed by atoms with van der Waals surface area (Å²) >= 11 is 0. The number of nitrogens with one attached hydrogen (secondary N) is 1. The first kappa shape index (κ1) is 22.3. The fourth-order valence-corrected chi connectivity index (χ4v) is 6.75. The first-order chi connectivity index (χ1) is 14.8. The Kier molecular flexibility index (Phi) is 6.62. The van der Waals surface area contributed by atoms with Crippen LogP contribution in [0.5, 0.6) is 0 Å².